The molecule has 0 aromatic carbocycles. The molecule has 0 amide bonds. The second kappa shape index (κ2) is 54.6. The van der Waals surface area contributed by atoms with Crippen LogP contribution in [0.25, 0.3) is 0 Å². The van der Waals surface area contributed by atoms with E-state index in [4.69, 9.17) is 72.7 Å². The molecule has 3 aliphatic rings. The zero-order valence-electron chi connectivity index (χ0n) is 62.2. The van der Waals surface area contributed by atoms with Gasteiger partial charge in [0.1, 0.15) is 42.7 Å². The number of ether oxygens (including phenoxy) is 3. The van der Waals surface area contributed by atoms with Crippen LogP contribution >= 0.6 is 48.0 Å². The second-order valence-corrected chi connectivity index (χ2v) is 41.2. The summed E-state index contributed by atoms with van der Waals surface area (Å²) in [7, 11) is -10.3. The van der Waals surface area contributed by atoms with Crippen LogP contribution < -0.4 is 57.1 Å². The molecule has 0 bridgehead atoms. The largest absolute Gasteiger partial charge is 1.00 e. The summed E-state index contributed by atoms with van der Waals surface area (Å²) >= 11 is 12.5. The third-order valence-corrected chi connectivity index (χ3v) is 20.6. The fourth-order valence-corrected chi connectivity index (χ4v) is 14.6. The van der Waals surface area contributed by atoms with Crippen LogP contribution in [0.15, 0.2) is 0 Å². The van der Waals surface area contributed by atoms with E-state index >= 15 is 0 Å². The molecule has 3 saturated heterocycles. The monoisotopic (exact) mass is 1560 g/mol. The molecule has 0 radical (unpaired) electrons. The molecule has 25 nitrogen and oxygen atoms in total. The second-order valence-electron chi connectivity index (χ2n) is 31.6. The molecule has 582 valence electrons. The number of hydrogen-bond acceptors (Lipinski definition) is 28. The third-order valence-electron chi connectivity index (χ3n) is 12.8. The van der Waals surface area contributed by atoms with Crippen molar-refractivity contribution >= 4 is 77.5 Å². The Morgan fingerprint density at radius 3 is 0.896 bits per heavy atom. The molecule has 3 fully saturated rings. The van der Waals surface area contributed by atoms with Crippen LogP contribution in [-0.4, -0.2) is 291 Å². The molecule has 3 heterocycles. The predicted octanol–water partition coefficient (Wildman–Crippen LogP) is 1.05. The van der Waals surface area contributed by atoms with Crippen molar-refractivity contribution in [3.8, 4) is 0 Å². The van der Waals surface area contributed by atoms with Crippen molar-refractivity contribution in [2.45, 2.75) is 261 Å². The fraction of sp³-hybridized carbons (Fsp3) is 1.00. The molecule has 0 aromatic heterocycles. The molecular weight excluding hydrogens is 1420 g/mol. The standard InChI is InChI=1S/2C10H22O5S.C10H22O3S.C10H20O2S.C9H21NO5S.C6H14S.C4H9ClO.C4H6O2.K.H2O/c2*1-10(2,3)4-5-16(14,15)7-9(13)8(12)6-11;1-10(2,3)4-5-14-7-9(13)8(12)6-11;1-10(2,3)4-5-13-7-8(11)9-6-12-9;1-9(2,10)3-4-16(14,15)6-8(13)7(12)5-11;1-6(2,3)4-5-7;1-4(2,3)6-5;1-3(5-1)4-2-6-4;;/h2*8-9,11-13H,4-7H2,1-3H3;8-9,11-13H,4-7H2,1-3H3;8-9,11H,4-7H2,1-3H3;7-8,11-13H,3-6,10H2,1-2H3;7H,4-5H2,1-3H3;1-3H3;3-4H,1-2H2;;1H2/q;;;;;;;;+1;/p-1. The molecule has 0 saturated carbocycles. The molecule has 0 spiro atoms. The van der Waals surface area contributed by atoms with Crippen molar-refractivity contribution in [2.75, 3.05) is 110 Å². The van der Waals surface area contributed by atoms with Crippen LogP contribution in [0.3, 0.4) is 0 Å². The van der Waals surface area contributed by atoms with Gasteiger partial charge in [-0.05, 0) is 117 Å². The number of aliphatic hydroxyl groups is 13. The van der Waals surface area contributed by atoms with Crippen LogP contribution in [0.4, 0.5) is 0 Å². The summed E-state index contributed by atoms with van der Waals surface area (Å²) in [5.74, 6) is 2.64. The maximum atomic E-state index is 11.6. The Morgan fingerprint density at radius 2 is 0.698 bits per heavy atom. The number of nitrogens with two attached hydrogens (primary N) is 1. The Hall–Kier alpha value is 2.07. The first-order chi connectivity index (χ1) is 42.2. The smallest absolute Gasteiger partial charge is 0.870 e. The first kappa shape index (κ1) is 111. The van der Waals surface area contributed by atoms with E-state index < -0.39 is 121 Å². The fourth-order valence-electron chi connectivity index (χ4n) is 5.73. The van der Waals surface area contributed by atoms with Crippen LogP contribution in [-0.2, 0) is 48.0 Å². The van der Waals surface area contributed by atoms with Crippen LogP contribution in [0.2, 0.25) is 0 Å². The zero-order chi connectivity index (χ0) is 75.1. The van der Waals surface area contributed by atoms with E-state index in [0.717, 1.165) is 49.3 Å². The number of aliphatic hydroxyl groups excluding tert-OH is 13. The van der Waals surface area contributed by atoms with E-state index in [2.05, 4.69) is 79.2 Å². The number of thioether (sulfide) groups is 2. The van der Waals surface area contributed by atoms with Crippen LogP contribution in [0.5, 0.6) is 0 Å². The summed E-state index contributed by atoms with van der Waals surface area (Å²) < 4.78 is 88.4. The van der Waals surface area contributed by atoms with E-state index in [0.29, 0.717) is 47.0 Å². The van der Waals surface area contributed by atoms with Gasteiger partial charge in [-0.25, -0.2) is 25.3 Å². The van der Waals surface area contributed by atoms with E-state index in [9.17, 15) is 50.8 Å². The van der Waals surface area contributed by atoms with Gasteiger partial charge in [-0.15, -0.1) is 0 Å². The molecule has 12 unspecified atom stereocenters. The minimum atomic E-state index is -3.47. The van der Waals surface area contributed by atoms with Gasteiger partial charge >= 0.3 is 51.4 Å². The van der Waals surface area contributed by atoms with E-state index in [1.165, 1.54) is 12.8 Å². The van der Waals surface area contributed by atoms with E-state index in [-0.39, 0.29) is 116 Å². The van der Waals surface area contributed by atoms with Crippen LogP contribution in [0.1, 0.15) is 177 Å². The van der Waals surface area contributed by atoms with Crippen molar-refractivity contribution in [3.63, 3.8) is 0 Å². The van der Waals surface area contributed by atoms with Gasteiger partial charge in [0, 0.05) is 17.0 Å². The molecular formula is C63H137ClKNO24S6. The van der Waals surface area contributed by atoms with Gasteiger partial charge in [0.25, 0.3) is 0 Å². The Balaban J connectivity index is -0.000000192. The van der Waals surface area contributed by atoms with E-state index in [1.807, 2.05) is 74.1 Å². The number of thiol groups is 1. The van der Waals surface area contributed by atoms with Crippen molar-refractivity contribution in [1.29, 1.82) is 0 Å². The van der Waals surface area contributed by atoms with E-state index in [1.54, 1.807) is 25.6 Å². The molecule has 12 atom stereocenters. The Kier molecular flexibility index (Phi) is 63.4. The summed E-state index contributed by atoms with van der Waals surface area (Å²) in [6.45, 7) is 40.9. The number of hydrogen-bond donors (Lipinski definition) is 15. The SMILES string of the molecule is C1OC1C1CO1.CC(C)(C)CCS.CC(C)(C)CCS(=O)(=O)CC(O)C(O)CO.CC(C)(C)CCS(=O)(=O)CC(O)C(O)CO.CC(C)(C)CCSCC(O)C(O)CO.CC(C)(C)CCSCC(O)C1CO1.CC(C)(C)OCl.CC(C)(N)CCS(=O)(=O)CC(O)C(O)CO.[K+].[OH-]. The number of rotatable bonds is 32. The van der Waals surface area contributed by atoms with Gasteiger partial charge in [-0.3, -0.25) is 4.29 Å². The number of sulfone groups is 3. The average molecular weight is 1560 g/mol. The van der Waals surface area contributed by atoms with Crippen molar-refractivity contribution < 1.29 is 167 Å². The summed E-state index contributed by atoms with van der Waals surface area (Å²) in [6.07, 6.45) is -4.71. The summed E-state index contributed by atoms with van der Waals surface area (Å²) in [4.78, 5) is 0. The molecule has 3 aliphatic heterocycles. The van der Waals surface area contributed by atoms with Crippen LogP contribution in [0, 0.1) is 27.1 Å². The molecule has 3 rings (SSSR count). The van der Waals surface area contributed by atoms with Crippen molar-refractivity contribution in [3.05, 3.63) is 0 Å². The third kappa shape index (κ3) is 83.3. The predicted molar refractivity (Wildman–Crippen MR) is 388 cm³/mol. The molecule has 96 heavy (non-hydrogen) atoms. The first-order valence-corrected chi connectivity index (χ1v) is 40.7. The topological polar surface area (TPSA) is 468 Å². The van der Waals surface area contributed by atoms with Gasteiger partial charge in [0.05, 0.1) is 129 Å². The summed E-state index contributed by atoms with van der Waals surface area (Å²) in [5.41, 5.74) is 5.88. The Morgan fingerprint density at radius 1 is 0.448 bits per heavy atom. The zero-order valence-corrected chi connectivity index (χ0v) is 71.0. The molecule has 0 aliphatic carbocycles. The molecule has 16 N–H and O–H groups in total. The number of halogens is 1. The summed E-state index contributed by atoms with van der Waals surface area (Å²) in [6, 6.07) is 0. The minimum absolute atomic E-state index is 0. The quantitative estimate of drug-likeness (QED) is 0.0194. The van der Waals surface area contributed by atoms with Crippen molar-refractivity contribution in [1.82, 2.24) is 0 Å². The van der Waals surface area contributed by atoms with Gasteiger partial charge < -0.3 is 91.8 Å². The maximum absolute atomic E-state index is 11.6. The summed E-state index contributed by atoms with van der Waals surface area (Å²) in [5, 5.41) is 117. The molecule has 33 heteroatoms. The Labute approximate surface area is 642 Å². The average Bonchev–Trinajstić information content (AvgIpc) is 1.87. The van der Waals surface area contributed by atoms with Gasteiger partial charge in [0.15, 0.2) is 29.5 Å². The van der Waals surface area contributed by atoms with Gasteiger partial charge in [-0.1, -0.05) is 104 Å². The maximum Gasteiger partial charge on any atom is 1.00 e. The first-order valence-electron chi connectivity index (χ1n) is 32.0. The van der Waals surface area contributed by atoms with Gasteiger partial charge in [-0.2, -0.15) is 36.2 Å². The Bertz CT molecular complexity index is 2040. The normalized spacial score (nSPS) is 19.2. The van der Waals surface area contributed by atoms with Gasteiger partial charge in [0.2, 0.25) is 0 Å². The molecule has 0 aromatic rings. The minimum Gasteiger partial charge on any atom is -0.870 e. The number of epoxide rings is 3. The van der Waals surface area contributed by atoms with Crippen molar-refractivity contribution in [2.24, 2.45) is 32.8 Å².